The first-order chi connectivity index (χ1) is 9.86. The summed E-state index contributed by atoms with van der Waals surface area (Å²) in [6.45, 7) is 2.95. The van der Waals surface area contributed by atoms with E-state index in [1.165, 1.54) is 10.9 Å². The van der Waals surface area contributed by atoms with Gasteiger partial charge in [-0.15, -0.1) is 0 Å². The summed E-state index contributed by atoms with van der Waals surface area (Å²) in [5, 5.41) is 5.44. The van der Waals surface area contributed by atoms with Crippen LogP contribution in [0.1, 0.15) is 12.5 Å². The molecular weight excluding hydrogens is 268 g/mol. The summed E-state index contributed by atoms with van der Waals surface area (Å²) in [6, 6.07) is 10.4. The number of hydrogen-bond donors (Lipinski definition) is 2. The zero-order valence-corrected chi connectivity index (χ0v) is 12.1. The minimum Gasteiger partial charge on any atom is -0.370 e. The molecule has 0 aliphatic rings. The highest BCUT2D eigenvalue weighted by atomic mass is 32.2. The number of imidazole rings is 1. The summed E-state index contributed by atoms with van der Waals surface area (Å²) < 4.78 is 0. The van der Waals surface area contributed by atoms with Crippen molar-refractivity contribution >= 4 is 28.5 Å². The number of anilines is 1. The van der Waals surface area contributed by atoms with Crippen molar-refractivity contribution in [3.8, 4) is 0 Å². The Morgan fingerprint density at radius 2 is 2.20 bits per heavy atom. The predicted molar refractivity (Wildman–Crippen MR) is 84.1 cm³/mol. The second kappa shape index (κ2) is 5.96. The van der Waals surface area contributed by atoms with Gasteiger partial charge in [-0.1, -0.05) is 30.0 Å². The van der Waals surface area contributed by atoms with Gasteiger partial charge in [0.05, 0.1) is 5.52 Å². The number of nitrogens with one attached hydrogen (secondary N) is 2. The average Bonchev–Trinajstić information content (AvgIpc) is 2.98. The Bertz CT molecular complexity index is 694. The zero-order valence-electron chi connectivity index (χ0n) is 11.3. The second-order valence-corrected chi connectivity index (χ2v) is 5.37. The van der Waals surface area contributed by atoms with Crippen molar-refractivity contribution in [2.75, 3.05) is 11.9 Å². The molecule has 2 aromatic heterocycles. The molecule has 2 heterocycles. The number of hydrogen-bond acceptors (Lipinski definition) is 4. The molecular formula is C15H16N4S. The number of aromatic amines is 1. The molecule has 2 N–H and O–H groups in total. The smallest absolute Gasteiger partial charge is 0.165 e. The monoisotopic (exact) mass is 284 g/mol. The van der Waals surface area contributed by atoms with Gasteiger partial charge in [-0.05, 0) is 19.1 Å². The second-order valence-electron chi connectivity index (χ2n) is 4.40. The lowest BCUT2D eigenvalue weighted by Crippen LogP contribution is -2.03. The number of thioether (sulfide) groups is 1. The highest BCUT2D eigenvalue weighted by Gasteiger charge is 2.07. The van der Waals surface area contributed by atoms with Crippen LogP contribution in [0, 0.1) is 0 Å². The van der Waals surface area contributed by atoms with E-state index in [2.05, 4.69) is 34.3 Å². The van der Waals surface area contributed by atoms with Crippen molar-refractivity contribution in [3.63, 3.8) is 0 Å². The van der Waals surface area contributed by atoms with Crippen LogP contribution in [-0.4, -0.2) is 21.5 Å². The number of rotatable bonds is 5. The van der Waals surface area contributed by atoms with Gasteiger partial charge in [-0.2, -0.15) is 0 Å². The average molecular weight is 284 g/mol. The van der Waals surface area contributed by atoms with Gasteiger partial charge in [0, 0.05) is 35.6 Å². The van der Waals surface area contributed by atoms with E-state index in [4.69, 9.17) is 4.98 Å². The third-order valence-corrected chi connectivity index (χ3v) is 3.94. The molecule has 0 aliphatic heterocycles. The number of pyridine rings is 1. The standard InChI is InChI=1S/C15H16N4S/c1-2-16-14-12(10-20-15-17-7-8-18-15)9-11-5-3-4-6-13(11)19-14/h3-9H,2,10H2,1H3,(H,16,19)(H,17,18). The van der Waals surface area contributed by atoms with Gasteiger partial charge in [-0.3, -0.25) is 0 Å². The topological polar surface area (TPSA) is 53.6 Å². The Morgan fingerprint density at radius 3 is 3.00 bits per heavy atom. The van der Waals surface area contributed by atoms with Crippen LogP contribution in [0.4, 0.5) is 5.82 Å². The van der Waals surface area contributed by atoms with E-state index in [0.717, 1.165) is 28.8 Å². The van der Waals surface area contributed by atoms with Crippen molar-refractivity contribution in [3.05, 3.63) is 48.3 Å². The third kappa shape index (κ3) is 2.77. The summed E-state index contributed by atoms with van der Waals surface area (Å²) in [5.74, 6) is 1.80. The van der Waals surface area contributed by atoms with Crippen LogP contribution < -0.4 is 5.32 Å². The lowest BCUT2D eigenvalue weighted by molar-refractivity contribution is 1.06. The van der Waals surface area contributed by atoms with E-state index in [1.54, 1.807) is 18.0 Å². The lowest BCUT2D eigenvalue weighted by atomic mass is 10.1. The first-order valence-electron chi connectivity index (χ1n) is 6.61. The molecule has 3 aromatic rings. The van der Waals surface area contributed by atoms with Crippen molar-refractivity contribution in [2.45, 2.75) is 17.8 Å². The minimum absolute atomic E-state index is 0.841. The number of nitrogens with zero attached hydrogens (tertiary/aromatic N) is 2. The largest absolute Gasteiger partial charge is 0.370 e. The van der Waals surface area contributed by atoms with Gasteiger partial charge in [0.1, 0.15) is 5.82 Å². The molecule has 0 atom stereocenters. The predicted octanol–water partition coefficient (Wildman–Crippen LogP) is 3.68. The summed E-state index contributed by atoms with van der Waals surface area (Å²) in [5.41, 5.74) is 2.22. The summed E-state index contributed by atoms with van der Waals surface area (Å²) in [7, 11) is 0. The van der Waals surface area contributed by atoms with Gasteiger partial charge >= 0.3 is 0 Å². The van der Waals surface area contributed by atoms with Gasteiger partial charge in [-0.25, -0.2) is 9.97 Å². The molecule has 0 fully saturated rings. The maximum Gasteiger partial charge on any atom is 0.165 e. The molecule has 5 heteroatoms. The quantitative estimate of drug-likeness (QED) is 0.702. The third-order valence-electron chi connectivity index (χ3n) is 2.98. The SMILES string of the molecule is CCNc1nc2ccccc2cc1CSc1ncc[nH]1. The van der Waals surface area contributed by atoms with Crippen molar-refractivity contribution in [2.24, 2.45) is 0 Å². The van der Waals surface area contributed by atoms with E-state index in [-0.39, 0.29) is 0 Å². The fraction of sp³-hybridized carbons (Fsp3) is 0.200. The Morgan fingerprint density at radius 1 is 1.30 bits per heavy atom. The normalized spacial score (nSPS) is 10.8. The van der Waals surface area contributed by atoms with Crippen molar-refractivity contribution < 1.29 is 0 Å². The molecule has 0 spiro atoms. The van der Waals surface area contributed by atoms with E-state index in [1.807, 2.05) is 24.4 Å². The fourth-order valence-corrected chi connectivity index (χ4v) is 2.87. The molecule has 1 aromatic carbocycles. The zero-order chi connectivity index (χ0) is 13.8. The number of para-hydroxylation sites is 1. The highest BCUT2D eigenvalue weighted by molar-refractivity contribution is 7.98. The van der Waals surface area contributed by atoms with E-state index in [9.17, 15) is 0 Å². The Kier molecular flexibility index (Phi) is 3.87. The summed E-state index contributed by atoms with van der Waals surface area (Å²) in [6.07, 6.45) is 3.61. The van der Waals surface area contributed by atoms with Crippen LogP contribution in [0.2, 0.25) is 0 Å². The van der Waals surface area contributed by atoms with Crippen LogP contribution in [0.25, 0.3) is 10.9 Å². The van der Waals surface area contributed by atoms with Crippen molar-refractivity contribution in [1.82, 2.24) is 15.0 Å². The molecule has 0 saturated heterocycles. The van der Waals surface area contributed by atoms with E-state index < -0.39 is 0 Å². The molecule has 102 valence electrons. The van der Waals surface area contributed by atoms with Gasteiger partial charge in [0.2, 0.25) is 0 Å². The van der Waals surface area contributed by atoms with Crippen LogP contribution in [0.5, 0.6) is 0 Å². The molecule has 4 nitrogen and oxygen atoms in total. The molecule has 0 amide bonds. The molecule has 0 unspecified atom stereocenters. The van der Waals surface area contributed by atoms with Crippen molar-refractivity contribution in [1.29, 1.82) is 0 Å². The maximum absolute atomic E-state index is 4.71. The van der Waals surface area contributed by atoms with Crippen LogP contribution in [0.15, 0.2) is 47.9 Å². The first-order valence-corrected chi connectivity index (χ1v) is 7.60. The molecule has 3 rings (SSSR count). The Balaban J connectivity index is 1.92. The fourth-order valence-electron chi connectivity index (χ4n) is 2.07. The highest BCUT2D eigenvalue weighted by Crippen LogP contribution is 2.26. The maximum atomic E-state index is 4.71. The minimum atomic E-state index is 0.841. The van der Waals surface area contributed by atoms with Gasteiger partial charge in [0.25, 0.3) is 0 Å². The summed E-state index contributed by atoms with van der Waals surface area (Å²) in [4.78, 5) is 12.1. The van der Waals surface area contributed by atoms with Gasteiger partial charge < -0.3 is 10.3 Å². The Hall–Kier alpha value is -2.01. The van der Waals surface area contributed by atoms with Gasteiger partial charge in [0.15, 0.2) is 5.16 Å². The van der Waals surface area contributed by atoms with E-state index in [0.29, 0.717) is 0 Å². The molecule has 0 aliphatic carbocycles. The number of fused-ring (bicyclic) bond motifs is 1. The summed E-state index contributed by atoms with van der Waals surface area (Å²) >= 11 is 1.68. The van der Waals surface area contributed by atoms with Crippen LogP contribution >= 0.6 is 11.8 Å². The number of H-pyrrole nitrogens is 1. The molecule has 0 bridgehead atoms. The number of aromatic nitrogens is 3. The number of benzene rings is 1. The van der Waals surface area contributed by atoms with Crippen LogP contribution in [0.3, 0.4) is 0 Å². The first kappa shape index (κ1) is 13.0. The molecule has 0 saturated carbocycles. The molecule has 20 heavy (non-hydrogen) atoms. The lowest BCUT2D eigenvalue weighted by Gasteiger charge is -2.10. The molecule has 0 radical (unpaired) electrons. The van der Waals surface area contributed by atoms with Crippen LogP contribution in [-0.2, 0) is 5.75 Å². The Labute approximate surface area is 122 Å². The van der Waals surface area contributed by atoms with E-state index >= 15 is 0 Å².